The van der Waals surface area contributed by atoms with Crippen molar-refractivity contribution in [1.82, 2.24) is 20.0 Å². The molecule has 0 saturated heterocycles. The predicted octanol–water partition coefficient (Wildman–Crippen LogP) is 2.59. The quantitative estimate of drug-likeness (QED) is 0.535. The number of nitrogens with one attached hydrogen (secondary N) is 1. The molecule has 0 radical (unpaired) electrons. The van der Waals surface area contributed by atoms with Crippen LogP contribution in [0.1, 0.15) is 57.7 Å². The average Bonchev–Trinajstić information content (AvgIpc) is 2.95. The molecule has 1 aliphatic rings. The third kappa shape index (κ3) is 4.94. The van der Waals surface area contributed by atoms with Crippen molar-refractivity contribution in [2.75, 3.05) is 25.9 Å². The molecule has 148 valence electrons. The number of thioether (sulfide) groups is 1. The maximum Gasteiger partial charge on any atom is 0.194 e. The highest BCUT2D eigenvalue weighted by atomic mass is 32.2. The number of hydrogen-bond donors (Lipinski definition) is 2. The van der Waals surface area contributed by atoms with E-state index in [9.17, 15) is 5.11 Å². The van der Waals surface area contributed by atoms with Gasteiger partial charge in [-0.25, -0.2) is 0 Å². The summed E-state index contributed by atoms with van der Waals surface area (Å²) >= 11 is 1.84. The van der Waals surface area contributed by atoms with E-state index in [1.807, 2.05) is 30.5 Å². The third-order valence-electron chi connectivity index (χ3n) is 4.90. The normalized spacial score (nSPS) is 23.2. The second-order valence-electron chi connectivity index (χ2n) is 7.48. The van der Waals surface area contributed by atoms with Gasteiger partial charge in [0.05, 0.1) is 17.8 Å². The van der Waals surface area contributed by atoms with Crippen LogP contribution in [0.3, 0.4) is 0 Å². The van der Waals surface area contributed by atoms with Crippen LogP contribution in [0.5, 0.6) is 0 Å². The summed E-state index contributed by atoms with van der Waals surface area (Å²) in [5.41, 5.74) is 1.70. The molecule has 26 heavy (non-hydrogen) atoms. The van der Waals surface area contributed by atoms with Gasteiger partial charge in [0, 0.05) is 44.2 Å². The van der Waals surface area contributed by atoms with E-state index in [0.717, 1.165) is 43.3 Å². The summed E-state index contributed by atoms with van der Waals surface area (Å²) in [5, 5.41) is 19.1. The molecule has 2 N–H and O–H groups in total. The van der Waals surface area contributed by atoms with Gasteiger partial charge in [-0.15, -0.1) is 0 Å². The zero-order valence-corrected chi connectivity index (χ0v) is 17.9. The molecular formula is C19H35N5OS. The number of guanidine groups is 1. The molecule has 1 aliphatic carbocycles. The zero-order chi connectivity index (χ0) is 19.3. The monoisotopic (exact) mass is 381 g/mol. The largest absolute Gasteiger partial charge is 0.387 e. The molecule has 0 aliphatic heterocycles. The van der Waals surface area contributed by atoms with Crippen molar-refractivity contribution < 1.29 is 5.11 Å². The van der Waals surface area contributed by atoms with Gasteiger partial charge in [0.2, 0.25) is 0 Å². The minimum absolute atomic E-state index is 0.315. The Morgan fingerprint density at radius 3 is 2.81 bits per heavy atom. The lowest BCUT2D eigenvalue weighted by atomic mass is 9.79. The minimum atomic E-state index is -0.653. The molecule has 1 saturated carbocycles. The SMILES string of the molecule is CCNC(=NCC1(O)CCC1SCC)N(C)Cc1cn(C)nc1C(C)C. The van der Waals surface area contributed by atoms with E-state index in [1.54, 1.807) is 0 Å². The molecule has 1 heterocycles. The van der Waals surface area contributed by atoms with Crippen molar-refractivity contribution in [3.63, 3.8) is 0 Å². The number of aliphatic hydroxyl groups is 1. The summed E-state index contributed by atoms with van der Waals surface area (Å²) in [6, 6.07) is 0. The number of rotatable bonds is 8. The van der Waals surface area contributed by atoms with E-state index >= 15 is 0 Å². The van der Waals surface area contributed by atoms with E-state index in [2.05, 4.69) is 49.2 Å². The van der Waals surface area contributed by atoms with E-state index in [0.29, 0.717) is 17.7 Å². The lowest BCUT2D eigenvalue weighted by Crippen LogP contribution is -2.53. The lowest BCUT2D eigenvalue weighted by molar-refractivity contribution is -0.0156. The summed E-state index contributed by atoms with van der Waals surface area (Å²) in [6.07, 6.45) is 4.02. The van der Waals surface area contributed by atoms with Crippen molar-refractivity contribution in [2.45, 2.75) is 63.9 Å². The van der Waals surface area contributed by atoms with E-state index < -0.39 is 5.60 Å². The predicted molar refractivity (Wildman–Crippen MR) is 111 cm³/mol. The molecular weight excluding hydrogens is 346 g/mol. The van der Waals surface area contributed by atoms with Gasteiger partial charge in [0.15, 0.2) is 5.96 Å². The van der Waals surface area contributed by atoms with Gasteiger partial charge in [0.25, 0.3) is 0 Å². The van der Waals surface area contributed by atoms with Gasteiger partial charge in [0.1, 0.15) is 0 Å². The number of hydrogen-bond acceptors (Lipinski definition) is 4. The van der Waals surface area contributed by atoms with Gasteiger partial charge in [-0.05, 0) is 31.4 Å². The average molecular weight is 382 g/mol. The van der Waals surface area contributed by atoms with Gasteiger partial charge in [-0.3, -0.25) is 9.67 Å². The van der Waals surface area contributed by atoms with Crippen LogP contribution < -0.4 is 5.32 Å². The first-order valence-electron chi connectivity index (χ1n) is 9.66. The second-order valence-corrected chi connectivity index (χ2v) is 8.96. The van der Waals surface area contributed by atoms with E-state index in [4.69, 9.17) is 4.99 Å². The molecule has 0 spiro atoms. The summed E-state index contributed by atoms with van der Waals surface area (Å²) < 4.78 is 1.88. The highest BCUT2D eigenvalue weighted by Gasteiger charge is 2.45. The number of aromatic nitrogens is 2. The fraction of sp³-hybridized carbons (Fsp3) is 0.789. The summed E-state index contributed by atoms with van der Waals surface area (Å²) in [6.45, 7) is 10.6. The molecule has 6 nitrogen and oxygen atoms in total. The maximum absolute atomic E-state index is 10.8. The van der Waals surface area contributed by atoms with Crippen LogP contribution >= 0.6 is 11.8 Å². The Bertz CT molecular complexity index is 615. The molecule has 7 heteroatoms. The summed E-state index contributed by atoms with van der Waals surface area (Å²) in [4.78, 5) is 6.88. The highest BCUT2D eigenvalue weighted by Crippen LogP contribution is 2.41. The van der Waals surface area contributed by atoms with Crippen LogP contribution in [-0.4, -0.2) is 62.5 Å². The Balaban J connectivity index is 2.08. The number of aryl methyl sites for hydroxylation is 1. The maximum atomic E-state index is 10.8. The van der Waals surface area contributed by atoms with Crippen LogP contribution in [0.25, 0.3) is 0 Å². The molecule has 1 fully saturated rings. The lowest BCUT2D eigenvalue weighted by Gasteiger charge is -2.44. The fourth-order valence-corrected chi connectivity index (χ4v) is 4.58. The van der Waals surface area contributed by atoms with E-state index in [-0.39, 0.29) is 0 Å². The molecule has 1 aromatic heterocycles. The number of nitrogens with zero attached hydrogens (tertiary/aromatic N) is 4. The highest BCUT2D eigenvalue weighted by molar-refractivity contribution is 8.00. The molecule has 0 amide bonds. The summed E-state index contributed by atoms with van der Waals surface area (Å²) in [7, 11) is 4.01. The van der Waals surface area contributed by atoms with Crippen LogP contribution in [-0.2, 0) is 13.6 Å². The Morgan fingerprint density at radius 1 is 1.54 bits per heavy atom. The Morgan fingerprint density at radius 2 is 2.27 bits per heavy atom. The Labute approximate surface area is 162 Å². The van der Waals surface area contributed by atoms with Crippen LogP contribution in [0.4, 0.5) is 0 Å². The van der Waals surface area contributed by atoms with Crippen LogP contribution in [0, 0.1) is 0 Å². The van der Waals surface area contributed by atoms with Gasteiger partial charge < -0.3 is 15.3 Å². The minimum Gasteiger partial charge on any atom is -0.387 e. The smallest absolute Gasteiger partial charge is 0.194 e. The van der Waals surface area contributed by atoms with Crippen molar-refractivity contribution in [2.24, 2.45) is 12.0 Å². The molecule has 2 atom stereocenters. The first kappa shape index (κ1) is 21.1. The fourth-order valence-electron chi connectivity index (χ4n) is 3.39. The molecule has 0 bridgehead atoms. The molecule has 0 aromatic carbocycles. The first-order valence-corrected chi connectivity index (χ1v) is 10.7. The van der Waals surface area contributed by atoms with Crippen LogP contribution in [0.15, 0.2) is 11.2 Å². The van der Waals surface area contributed by atoms with Gasteiger partial charge in [-0.1, -0.05) is 20.8 Å². The zero-order valence-electron chi connectivity index (χ0n) is 17.1. The third-order valence-corrected chi connectivity index (χ3v) is 6.31. The Hall–Kier alpha value is -1.21. The molecule has 1 aromatic rings. The second kappa shape index (κ2) is 9.13. The van der Waals surface area contributed by atoms with Crippen molar-refractivity contribution in [1.29, 1.82) is 0 Å². The van der Waals surface area contributed by atoms with Crippen molar-refractivity contribution in [3.05, 3.63) is 17.5 Å². The molecule has 2 unspecified atom stereocenters. The number of aliphatic imine (C=N–C) groups is 1. The van der Waals surface area contributed by atoms with Crippen molar-refractivity contribution in [3.8, 4) is 0 Å². The summed E-state index contributed by atoms with van der Waals surface area (Å²) in [5.74, 6) is 2.27. The molecule has 2 rings (SSSR count). The Kier molecular flexibility index (Phi) is 7.41. The van der Waals surface area contributed by atoms with Crippen molar-refractivity contribution >= 4 is 17.7 Å². The standard InChI is InChI=1S/C19H35N5OS/c1-7-20-18(21-13-19(25)10-9-16(19)26-8-2)23(5)11-15-12-24(6)22-17(15)14(3)4/h12,14,16,25H,7-11,13H2,1-6H3,(H,20,21). The van der Waals surface area contributed by atoms with Gasteiger partial charge in [-0.2, -0.15) is 16.9 Å². The first-order chi connectivity index (χ1) is 12.3. The van der Waals surface area contributed by atoms with Crippen LogP contribution in [0.2, 0.25) is 0 Å². The van der Waals surface area contributed by atoms with E-state index in [1.165, 1.54) is 5.56 Å². The topological polar surface area (TPSA) is 65.7 Å². The van der Waals surface area contributed by atoms with Gasteiger partial charge >= 0.3 is 0 Å².